The highest BCUT2D eigenvalue weighted by molar-refractivity contribution is 6.31. The van der Waals surface area contributed by atoms with E-state index in [1.165, 1.54) is 47.0 Å². The van der Waals surface area contributed by atoms with Crippen LogP contribution in [0.25, 0.3) is 10.9 Å². The van der Waals surface area contributed by atoms with Gasteiger partial charge in [-0.3, -0.25) is 4.79 Å². The van der Waals surface area contributed by atoms with Gasteiger partial charge < -0.3 is 14.8 Å². The number of nitrogens with zero attached hydrogens (tertiary/aromatic N) is 1. The molecule has 5 nitrogen and oxygen atoms in total. The maximum absolute atomic E-state index is 13.0. The number of halogens is 2. The van der Waals surface area contributed by atoms with Crippen LogP contribution < -0.4 is 5.56 Å². The first-order chi connectivity index (χ1) is 11.4. The molecule has 2 aromatic carbocycles. The first kappa shape index (κ1) is 16.0. The van der Waals surface area contributed by atoms with E-state index in [4.69, 9.17) is 11.6 Å². The van der Waals surface area contributed by atoms with E-state index in [2.05, 4.69) is 0 Å². The van der Waals surface area contributed by atoms with Crippen molar-refractivity contribution in [3.63, 3.8) is 0 Å². The van der Waals surface area contributed by atoms with Gasteiger partial charge in [-0.05, 0) is 35.9 Å². The summed E-state index contributed by atoms with van der Waals surface area (Å²) < 4.78 is 14.2. The van der Waals surface area contributed by atoms with Gasteiger partial charge in [0.25, 0.3) is 5.56 Å². The Morgan fingerprint density at radius 2 is 1.83 bits per heavy atom. The van der Waals surface area contributed by atoms with E-state index in [1.807, 2.05) is 0 Å². The van der Waals surface area contributed by atoms with Crippen molar-refractivity contribution in [2.24, 2.45) is 0 Å². The maximum atomic E-state index is 13.0. The summed E-state index contributed by atoms with van der Waals surface area (Å²) in [6, 6.07) is 9.93. The number of fused-ring (bicyclic) bond motifs is 1. The predicted octanol–water partition coefficient (Wildman–Crippen LogP) is 3.25. The fraction of sp³-hybridized carbons (Fsp3) is 0.0588. The summed E-state index contributed by atoms with van der Waals surface area (Å²) in [4.78, 5) is 23.9. The Kier molecular flexibility index (Phi) is 3.99. The number of aromatic carboxylic acids is 1. The number of pyridine rings is 1. The number of hydrogen-bond acceptors (Lipinski definition) is 3. The fourth-order valence-electron chi connectivity index (χ4n) is 2.54. The van der Waals surface area contributed by atoms with Gasteiger partial charge in [-0.15, -0.1) is 0 Å². The molecule has 3 aromatic rings. The molecule has 2 N–H and O–H groups in total. The third kappa shape index (κ3) is 2.72. The van der Waals surface area contributed by atoms with Crippen LogP contribution in [0.3, 0.4) is 0 Å². The molecule has 1 heterocycles. The van der Waals surface area contributed by atoms with Crippen molar-refractivity contribution in [3.8, 4) is 5.75 Å². The summed E-state index contributed by atoms with van der Waals surface area (Å²) >= 11 is 5.90. The molecule has 0 aliphatic carbocycles. The molecule has 0 amide bonds. The average Bonchev–Trinajstić information content (AvgIpc) is 2.53. The number of carboxylic acids is 1. The standard InChI is InChI=1S/C17H11ClFNO4/c18-10-3-6-13-12(7-10)15(21)14(17(23)24)16(22)20(13)8-9-1-4-11(19)5-2-9/h1-7,21H,8H2,(H,23,24). The van der Waals surface area contributed by atoms with Gasteiger partial charge in [0.2, 0.25) is 0 Å². The first-order valence-corrected chi connectivity index (χ1v) is 7.29. The molecule has 7 heteroatoms. The zero-order chi connectivity index (χ0) is 17.4. The zero-order valence-electron chi connectivity index (χ0n) is 12.2. The Bertz CT molecular complexity index is 1010. The van der Waals surface area contributed by atoms with Crippen molar-refractivity contribution in [1.29, 1.82) is 0 Å². The van der Waals surface area contributed by atoms with Crippen LogP contribution in [-0.2, 0) is 6.54 Å². The minimum atomic E-state index is -1.53. The lowest BCUT2D eigenvalue weighted by atomic mass is 10.1. The Morgan fingerprint density at radius 3 is 2.46 bits per heavy atom. The van der Waals surface area contributed by atoms with Crippen LogP contribution in [0.1, 0.15) is 15.9 Å². The van der Waals surface area contributed by atoms with Gasteiger partial charge >= 0.3 is 5.97 Å². The summed E-state index contributed by atoms with van der Waals surface area (Å²) in [6.45, 7) is 0.0256. The molecule has 0 atom stereocenters. The third-order valence-corrected chi connectivity index (χ3v) is 3.90. The van der Waals surface area contributed by atoms with Crippen LogP contribution in [0, 0.1) is 5.82 Å². The molecule has 24 heavy (non-hydrogen) atoms. The number of aromatic nitrogens is 1. The lowest BCUT2D eigenvalue weighted by Gasteiger charge is -2.14. The van der Waals surface area contributed by atoms with Crippen LogP contribution in [0.5, 0.6) is 5.75 Å². The van der Waals surface area contributed by atoms with E-state index in [0.29, 0.717) is 16.1 Å². The molecular formula is C17H11ClFNO4. The Balaban J connectivity index is 2.31. The summed E-state index contributed by atoms with van der Waals surface area (Å²) in [6.07, 6.45) is 0. The molecule has 0 saturated heterocycles. The molecule has 3 rings (SSSR count). The average molecular weight is 348 g/mol. The summed E-state index contributed by atoms with van der Waals surface area (Å²) in [5.41, 5.74) is -0.640. The number of hydrogen-bond donors (Lipinski definition) is 2. The van der Waals surface area contributed by atoms with Crippen molar-refractivity contribution in [1.82, 2.24) is 4.57 Å². The largest absolute Gasteiger partial charge is 0.506 e. The lowest BCUT2D eigenvalue weighted by molar-refractivity contribution is 0.0691. The van der Waals surface area contributed by atoms with Gasteiger partial charge in [-0.2, -0.15) is 0 Å². The topological polar surface area (TPSA) is 79.5 Å². The highest BCUT2D eigenvalue weighted by Gasteiger charge is 2.22. The second kappa shape index (κ2) is 5.98. The second-order valence-corrected chi connectivity index (χ2v) is 5.64. The maximum Gasteiger partial charge on any atom is 0.345 e. The van der Waals surface area contributed by atoms with E-state index in [0.717, 1.165) is 0 Å². The number of carbonyl (C=O) groups is 1. The third-order valence-electron chi connectivity index (χ3n) is 3.67. The SMILES string of the molecule is O=C(O)c1c(O)c2cc(Cl)ccc2n(Cc2ccc(F)cc2)c1=O. The molecule has 0 aliphatic heterocycles. The van der Waals surface area contributed by atoms with Gasteiger partial charge in [0, 0.05) is 10.4 Å². The Morgan fingerprint density at radius 1 is 1.17 bits per heavy atom. The minimum absolute atomic E-state index is 0.0256. The van der Waals surface area contributed by atoms with Crippen molar-refractivity contribution in [2.75, 3.05) is 0 Å². The van der Waals surface area contributed by atoms with Crippen molar-refractivity contribution in [2.45, 2.75) is 6.54 Å². The number of carboxylic acid groups (broad SMARTS) is 1. The van der Waals surface area contributed by atoms with Gasteiger partial charge in [-0.25, -0.2) is 9.18 Å². The number of rotatable bonds is 3. The highest BCUT2D eigenvalue weighted by Crippen LogP contribution is 2.29. The van der Waals surface area contributed by atoms with Gasteiger partial charge in [0.1, 0.15) is 11.6 Å². The summed E-state index contributed by atoms with van der Waals surface area (Å²) in [7, 11) is 0. The van der Waals surface area contributed by atoms with Crippen molar-refractivity contribution < 1.29 is 19.4 Å². The van der Waals surface area contributed by atoms with Crippen LogP contribution in [0.15, 0.2) is 47.3 Å². The predicted molar refractivity (Wildman–Crippen MR) is 87.3 cm³/mol. The lowest BCUT2D eigenvalue weighted by Crippen LogP contribution is -2.27. The monoisotopic (exact) mass is 347 g/mol. The highest BCUT2D eigenvalue weighted by atomic mass is 35.5. The molecule has 0 saturated carbocycles. The summed E-state index contributed by atoms with van der Waals surface area (Å²) in [5.74, 6) is -2.58. The number of aromatic hydroxyl groups is 1. The molecule has 0 fully saturated rings. The van der Waals surface area contributed by atoms with E-state index in [-0.39, 0.29) is 11.9 Å². The normalized spacial score (nSPS) is 10.9. The molecular weight excluding hydrogens is 337 g/mol. The van der Waals surface area contributed by atoms with E-state index in [1.54, 1.807) is 0 Å². The fourth-order valence-corrected chi connectivity index (χ4v) is 2.71. The molecule has 0 aliphatic rings. The molecule has 122 valence electrons. The minimum Gasteiger partial charge on any atom is -0.506 e. The van der Waals surface area contributed by atoms with E-state index in [9.17, 15) is 24.2 Å². The molecule has 0 bridgehead atoms. The first-order valence-electron chi connectivity index (χ1n) is 6.91. The van der Waals surface area contributed by atoms with Crippen LogP contribution in [0.2, 0.25) is 5.02 Å². The quantitative estimate of drug-likeness (QED) is 0.762. The molecule has 0 radical (unpaired) electrons. The van der Waals surface area contributed by atoms with E-state index < -0.39 is 28.7 Å². The number of benzene rings is 2. The molecule has 1 aromatic heterocycles. The van der Waals surface area contributed by atoms with Gasteiger partial charge in [0.05, 0.1) is 12.1 Å². The molecule has 0 unspecified atom stereocenters. The Hall–Kier alpha value is -2.86. The Labute approximate surface area is 140 Å². The van der Waals surface area contributed by atoms with Gasteiger partial charge in [0.15, 0.2) is 5.56 Å². The smallest absolute Gasteiger partial charge is 0.345 e. The summed E-state index contributed by atoms with van der Waals surface area (Å²) in [5, 5.41) is 19.8. The van der Waals surface area contributed by atoms with Crippen LogP contribution >= 0.6 is 11.6 Å². The van der Waals surface area contributed by atoms with Crippen LogP contribution in [0.4, 0.5) is 4.39 Å². The van der Waals surface area contributed by atoms with Crippen molar-refractivity contribution >= 4 is 28.5 Å². The zero-order valence-corrected chi connectivity index (χ0v) is 12.9. The van der Waals surface area contributed by atoms with Crippen LogP contribution in [-0.4, -0.2) is 20.7 Å². The van der Waals surface area contributed by atoms with E-state index >= 15 is 0 Å². The van der Waals surface area contributed by atoms with Gasteiger partial charge in [-0.1, -0.05) is 23.7 Å². The molecule has 0 spiro atoms. The van der Waals surface area contributed by atoms with Crippen molar-refractivity contribution in [3.05, 3.63) is 74.8 Å². The second-order valence-electron chi connectivity index (χ2n) is 5.21.